The lowest BCUT2D eigenvalue weighted by Gasteiger charge is -2.23. The summed E-state index contributed by atoms with van der Waals surface area (Å²) in [5, 5.41) is 22.2. The molecule has 3 rings (SSSR count). The van der Waals surface area contributed by atoms with Crippen molar-refractivity contribution in [2.24, 2.45) is 0 Å². The summed E-state index contributed by atoms with van der Waals surface area (Å²) in [6, 6.07) is 8.39. The molecule has 11 nitrogen and oxygen atoms in total. The van der Waals surface area contributed by atoms with E-state index in [-0.39, 0.29) is 17.4 Å². The molecule has 0 spiro atoms. The lowest BCUT2D eigenvalue weighted by molar-refractivity contribution is -0.384. The maximum absolute atomic E-state index is 12.6. The lowest BCUT2D eigenvalue weighted by Crippen LogP contribution is -2.35. The molecule has 0 aliphatic heterocycles. The number of nitrogens with zero attached hydrogens (tertiary/aromatic N) is 8. The Morgan fingerprint density at radius 1 is 1.21 bits per heavy atom. The summed E-state index contributed by atoms with van der Waals surface area (Å²) in [5.41, 5.74) is 1.92. The number of anilines is 1. The first kappa shape index (κ1) is 19.9. The van der Waals surface area contributed by atoms with Crippen LogP contribution in [0.5, 0.6) is 0 Å². The normalized spacial score (nSPS) is 10.6. The minimum atomic E-state index is -0.451. The fraction of sp³-hybridized carbons (Fsp3) is 0.278. The Bertz CT molecular complexity index is 1000. The van der Waals surface area contributed by atoms with Gasteiger partial charge in [0.25, 0.3) is 5.91 Å². The number of carbonyl (C=O) groups excluding carboxylic acids is 1. The molecule has 0 saturated carbocycles. The Morgan fingerprint density at radius 2 is 1.93 bits per heavy atom. The van der Waals surface area contributed by atoms with Crippen molar-refractivity contribution in [3.8, 4) is 5.69 Å². The number of amides is 1. The first-order valence-electron chi connectivity index (χ1n) is 8.78. The van der Waals surface area contributed by atoms with Crippen molar-refractivity contribution in [1.82, 2.24) is 30.1 Å². The summed E-state index contributed by atoms with van der Waals surface area (Å²) >= 11 is 0. The molecule has 0 unspecified atom stereocenters. The van der Waals surface area contributed by atoms with Crippen molar-refractivity contribution >= 4 is 17.4 Å². The Labute approximate surface area is 166 Å². The monoisotopic (exact) mass is 396 g/mol. The van der Waals surface area contributed by atoms with Crippen LogP contribution in [-0.2, 0) is 0 Å². The third kappa shape index (κ3) is 4.51. The van der Waals surface area contributed by atoms with E-state index in [1.165, 1.54) is 17.1 Å². The predicted octanol–water partition coefficient (Wildman–Crippen LogP) is 1.48. The number of benzene rings is 1. The van der Waals surface area contributed by atoms with Gasteiger partial charge in [-0.3, -0.25) is 14.9 Å². The van der Waals surface area contributed by atoms with E-state index in [9.17, 15) is 14.9 Å². The molecule has 1 amide bonds. The van der Waals surface area contributed by atoms with Gasteiger partial charge in [0.2, 0.25) is 5.82 Å². The Balaban J connectivity index is 1.64. The largest absolute Gasteiger partial charge is 0.352 e. The molecule has 0 radical (unpaired) electrons. The van der Waals surface area contributed by atoms with Crippen LogP contribution in [0.4, 0.5) is 11.5 Å². The summed E-state index contributed by atoms with van der Waals surface area (Å²) in [6.45, 7) is 2.51. The van der Waals surface area contributed by atoms with Crippen LogP contribution in [0.2, 0.25) is 0 Å². The summed E-state index contributed by atoms with van der Waals surface area (Å²) < 4.78 is 1.49. The van der Waals surface area contributed by atoms with E-state index in [4.69, 9.17) is 0 Å². The van der Waals surface area contributed by atoms with E-state index in [1.54, 1.807) is 61.3 Å². The van der Waals surface area contributed by atoms with Crippen molar-refractivity contribution in [2.75, 3.05) is 32.1 Å². The molecule has 0 aliphatic rings. The van der Waals surface area contributed by atoms with Crippen LogP contribution in [0.1, 0.15) is 15.9 Å². The fourth-order valence-corrected chi connectivity index (χ4v) is 2.74. The van der Waals surface area contributed by atoms with Gasteiger partial charge >= 0.3 is 5.69 Å². The number of rotatable bonds is 7. The maximum Gasteiger partial charge on any atom is 0.311 e. The topological polar surface area (TPSA) is 123 Å². The fourth-order valence-electron chi connectivity index (χ4n) is 2.74. The summed E-state index contributed by atoms with van der Waals surface area (Å²) in [5.74, 6) is 0.111. The second kappa shape index (κ2) is 8.42. The number of tetrazole rings is 1. The Kier molecular flexibility index (Phi) is 5.77. The number of pyridine rings is 1. The molecule has 150 valence electrons. The predicted molar refractivity (Wildman–Crippen MR) is 105 cm³/mol. The average molecular weight is 396 g/mol. The zero-order valence-corrected chi connectivity index (χ0v) is 16.3. The quantitative estimate of drug-likeness (QED) is 0.435. The third-order valence-corrected chi connectivity index (χ3v) is 4.39. The van der Waals surface area contributed by atoms with Crippen LogP contribution in [0, 0.1) is 17.0 Å². The van der Waals surface area contributed by atoms with E-state index < -0.39 is 4.92 Å². The number of hydrogen-bond donors (Lipinski definition) is 0. The van der Waals surface area contributed by atoms with Gasteiger partial charge in [-0.15, -0.1) is 5.10 Å². The molecule has 0 bridgehead atoms. The summed E-state index contributed by atoms with van der Waals surface area (Å²) in [4.78, 5) is 30.9. The molecule has 29 heavy (non-hydrogen) atoms. The SMILES string of the molecule is Cc1cnc(N(C)CCN(C)C(=O)c2ccc(-n3cnnn3)cc2)c([N+](=O)[O-])c1. The molecule has 0 aliphatic carbocycles. The van der Waals surface area contributed by atoms with Crippen molar-refractivity contribution in [3.63, 3.8) is 0 Å². The number of carbonyl (C=O) groups is 1. The second-order valence-corrected chi connectivity index (χ2v) is 6.56. The standard InChI is InChI=1S/C18H20N8O3/c1-13-10-16(26(28)29)17(19-11-13)23(2)8-9-24(3)18(27)14-4-6-15(7-5-14)25-12-20-21-22-25/h4-7,10-12H,8-9H2,1-3H3. The van der Waals surface area contributed by atoms with Gasteiger partial charge in [0.15, 0.2) is 0 Å². The zero-order valence-electron chi connectivity index (χ0n) is 16.3. The number of hydrogen-bond acceptors (Lipinski definition) is 8. The second-order valence-electron chi connectivity index (χ2n) is 6.56. The van der Waals surface area contributed by atoms with Crippen molar-refractivity contribution < 1.29 is 9.72 Å². The molecular formula is C18H20N8O3. The number of aromatic nitrogens is 5. The van der Waals surface area contributed by atoms with E-state index in [0.717, 1.165) is 5.69 Å². The molecule has 11 heteroatoms. The minimum absolute atomic E-state index is 0.0559. The van der Waals surface area contributed by atoms with Gasteiger partial charge in [0.05, 0.1) is 10.6 Å². The van der Waals surface area contributed by atoms with Crippen LogP contribution in [-0.4, -0.2) is 68.1 Å². The molecule has 0 saturated heterocycles. The average Bonchev–Trinajstić information content (AvgIpc) is 3.26. The summed E-state index contributed by atoms with van der Waals surface area (Å²) in [6.07, 6.45) is 3.05. The zero-order chi connectivity index (χ0) is 21.0. The van der Waals surface area contributed by atoms with Crippen LogP contribution >= 0.6 is 0 Å². The first-order valence-corrected chi connectivity index (χ1v) is 8.78. The molecule has 1 aromatic carbocycles. The minimum Gasteiger partial charge on any atom is -0.352 e. The van der Waals surface area contributed by atoms with Gasteiger partial charge in [-0.05, 0) is 47.2 Å². The van der Waals surface area contributed by atoms with Crippen molar-refractivity contribution in [3.05, 3.63) is 64.1 Å². The molecule has 3 aromatic rings. The highest BCUT2D eigenvalue weighted by Gasteiger charge is 2.20. The molecule has 2 heterocycles. The highest BCUT2D eigenvalue weighted by atomic mass is 16.6. The van der Waals surface area contributed by atoms with Crippen molar-refractivity contribution in [1.29, 1.82) is 0 Å². The number of nitro groups is 1. The van der Waals surface area contributed by atoms with Crippen LogP contribution < -0.4 is 4.90 Å². The Hall–Kier alpha value is -3.89. The van der Waals surface area contributed by atoms with E-state index in [2.05, 4.69) is 20.5 Å². The molecule has 0 atom stereocenters. The van der Waals surface area contributed by atoms with Gasteiger partial charge in [-0.2, -0.15) is 0 Å². The van der Waals surface area contributed by atoms with Gasteiger partial charge < -0.3 is 9.80 Å². The van der Waals surface area contributed by atoms with Crippen molar-refractivity contribution in [2.45, 2.75) is 6.92 Å². The smallest absolute Gasteiger partial charge is 0.311 e. The van der Waals surface area contributed by atoms with Gasteiger partial charge in [0.1, 0.15) is 6.33 Å². The molecule has 0 N–H and O–H groups in total. The lowest BCUT2D eigenvalue weighted by atomic mass is 10.2. The van der Waals surface area contributed by atoms with Gasteiger partial charge in [-0.1, -0.05) is 0 Å². The molecule has 0 fully saturated rings. The molecule has 2 aromatic heterocycles. The highest BCUT2D eigenvalue weighted by molar-refractivity contribution is 5.94. The highest BCUT2D eigenvalue weighted by Crippen LogP contribution is 2.25. The van der Waals surface area contributed by atoms with Crippen LogP contribution in [0.25, 0.3) is 5.69 Å². The maximum atomic E-state index is 12.6. The van der Waals surface area contributed by atoms with E-state index >= 15 is 0 Å². The van der Waals surface area contributed by atoms with Crippen LogP contribution in [0.15, 0.2) is 42.9 Å². The third-order valence-electron chi connectivity index (χ3n) is 4.39. The van der Waals surface area contributed by atoms with Gasteiger partial charge in [0, 0.05) is 45.0 Å². The summed E-state index contributed by atoms with van der Waals surface area (Å²) in [7, 11) is 3.40. The molecular weight excluding hydrogens is 376 g/mol. The van der Waals surface area contributed by atoms with Crippen LogP contribution in [0.3, 0.4) is 0 Å². The van der Waals surface area contributed by atoms with Gasteiger partial charge in [-0.25, -0.2) is 9.67 Å². The Morgan fingerprint density at radius 3 is 2.55 bits per heavy atom. The number of aryl methyl sites for hydroxylation is 1. The van der Waals surface area contributed by atoms with E-state index in [0.29, 0.717) is 24.2 Å². The first-order chi connectivity index (χ1) is 13.9. The van der Waals surface area contributed by atoms with E-state index in [1.807, 2.05) is 0 Å². The number of likely N-dealkylation sites (N-methyl/N-ethyl adjacent to an activating group) is 2.